The van der Waals surface area contributed by atoms with Crippen LogP contribution in [0.15, 0.2) is 18.2 Å². The number of benzene rings is 1. The first kappa shape index (κ1) is 24.5. The summed E-state index contributed by atoms with van der Waals surface area (Å²) in [7, 11) is 1.48. The molecule has 1 aromatic rings. The van der Waals surface area contributed by atoms with E-state index in [2.05, 4.69) is 0 Å². The van der Waals surface area contributed by atoms with Crippen LogP contribution in [0, 0.1) is 0 Å². The second-order valence-corrected chi connectivity index (χ2v) is 10.3. The Morgan fingerprint density at radius 3 is 2.27 bits per heavy atom. The average molecular weight is 508 g/mol. The summed E-state index contributed by atoms with van der Waals surface area (Å²) in [6, 6.07) is 3.87. The Morgan fingerprint density at radius 2 is 1.81 bits per heavy atom. The number of rotatable bonds is 7. The number of nitrogens with two attached hydrogens (primary N) is 1. The number of carbonyl (C=O) groups excluding carboxylic acids is 1. The van der Waals surface area contributed by atoms with Crippen molar-refractivity contribution in [1.82, 2.24) is 0 Å². The van der Waals surface area contributed by atoms with E-state index in [1.807, 2.05) is 0 Å². The van der Waals surface area contributed by atoms with Gasteiger partial charge in [0.2, 0.25) is 3.79 Å². The van der Waals surface area contributed by atoms with Crippen LogP contribution in [0.4, 0.5) is 0 Å². The molecule has 0 radical (unpaired) electrons. The molecule has 0 heterocycles. The second-order valence-electron chi connectivity index (χ2n) is 5.02. The lowest BCUT2D eigenvalue weighted by Gasteiger charge is -2.27. The molecule has 0 saturated carbocycles. The highest BCUT2D eigenvalue weighted by atomic mass is 35.6. The zero-order chi connectivity index (χ0) is 20.1. The van der Waals surface area contributed by atoms with Gasteiger partial charge in [0.25, 0.3) is 10.1 Å². The number of carbonyl (C=O) groups is 1. The number of ether oxygens (including phenoxy) is 3. The first-order chi connectivity index (χ1) is 11.8. The third kappa shape index (κ3) is 8.63. The Bertz CT molecular complexity index is 618. The smallest absolute Gasteiger partial charge is 0.325 e. The lowest BCUT2D eigenvalue weighted by atomic mass is 10.1. The molecule has 2 N–H and O–H groups in total. The van der Waals surface area contributed by atoms with Gasteiger partial charge < -0.3 is 19.9 Å². The molecular formula is C14H14Cl7NO4. The number of hydrogen-bond donors (Lipinski definition) is 1. The third-order valence-corrected chi connectivity index (χ3v) is 4.02. The second kappa shape index (κ2) is 10.3. The van der Waals surface area contributed by atoms with Crippen molar-refractivity contribution >= 4 is 87.2 Å². The average Bonchev–Trinajstić information content (AvgIpc) is 2.49. The van der Waals surface area contributed by atoms with Crippen LogP contribution in [0.1, 0.15) is 5.56 Å². The van der Waals surface area contributed by atoms with Gasteiger partial charge in [-0.05, 0) is 24.1 Å². The molecule has 0 aliphatic carbocycles. The van der Waals surface area contributed by atoms with Crippen molar-refractivity contribution in [2.75, 3.05) is 13.7 Å². The molecule has 5 nitrogen and oxygen atoms in total. The van der Waals surface area contributed by atoms with Crippen LogP contribution in [-0.4, -0.2) is 39.6 Å². The van der Waals surface area contributed by atoms with Gasteiger partial charge in [-0.1, -0.05) is 87.3 Å². The zero-order valence-electron chi connectivity index (χ0n) is 13.2. The molecule has 12 heteroatoms. The maximum atomic E-state index is 12.2. The van der Waals surface area contributed by atoms with Crippen molar-refractivity contribution < 1.29 is 19.0 Å². The molecule has 0 aliphatic heterocycles. The van der Waals surface area contributed by atoms with E-state index in [0.29, 0.717) is 16.3 Å². The largest absolute Gasteiger partial charge is 0.495 e. The molecule has 26 heavy (non-hydrogen) atoms. The number of hydrogen-bond acceptors (Lipinski definition) is 5. The molecule has 0 aliphatic rings. The van der Waals surface area contributed by atoms with Gasteiger partial charge in [0, 0.05) is 0 Å². The SMILES string of the molecule is COc1ccc(C[C@@H](N)C(=O)OC(OCC(Cl)(Cl)Cl)C(Cl)(Cl)Cl)cc1Cl. The molecule has 0 saturated heterocycles. The summed E-state index contributed by atoms with van der Waals surface area (Å²) in [6.07, 6.45) is -1.51. The molecule has 0 amide bonds. The van der Waals surface area contributed by atoms with Crippen LogP contribution in [0.25, 0.3) is 0 Å². The summed E-state index contributed by atoms with van der Waals surface area (Å²) in [5, 5.41) is 0.371. The molecule has 2 atom stereocenters. The van der Waals surface area contributed by atoms with E-state index in [4.69, 9.17) is 101 Å². The summed E-state index contributed by atoms with van der Waals surface area (Å²) in [6.45, 7) is -0.479. The fourth-order valence-corrected chi connectivity index (χ4v) is 2.52. The quantitative estimate of drug-likeness (QED) is 0.324. The summed E-state index contributed by atoms with van der Waals surface area (Å²) in [5.74, 6) is -0.388. The van der Waals surface area contributed by atoms with E-state index in [9.17, 15) is 4.79 Å². The van der Waals surface area contributed by atoms with E-state index >= 15 is 0 Å². The van der Waals surface area contributed by atoms with E-state index in [1.165, 1.54) is 7.11 Å². The number of esters is 1. The Kier molecular flexibility index (Phi) is 9.68. The van der Waals surface area contributed by atoms with E-state index in [1.54, 1.807) is 18.2 Å². The first-order valence-electron chi connectivity index (χ1n) is 6.87. The van der Waals surface area contributed by atoms with Crippen molar-refractivity contribution in [2.45, 2.75) is 26.3 Å². The molecule has 0 bridgehead atoms. The van der Waals surface area contributed by atoms with Crippen LogP contribution >= 0.6 is 81.2 Å². The molecule has 148 valence electrons. The van der Waals surface area contributed by atoms with Crippen molar-refractivity contribution in [3.8, 4) is 5.75 Å². The van der Waals surface area contributed by atoms with Crippen molar-refractivity contribution in [3.63, 3.8) is 0 Å². The Balaban J connectivity index is 2.74. The highest BCUT2D eigenvalue weighted by Crippen LogP contribution is 2.35. The molecule has 1 unspecified atom stereocenters. The van der Waals surface area contributed by atoms with E-state index < -0.39 is 32.5 Å². The number of halogens is 7. The number of alkyl halides is 6. The minimum absolute atomic E-state index is 0.111. The van der Waals surface area contributed by atoms with Crippen molar-refractivity contribution in [3.05, 3.63) is 28.8 Å². The molecule has 0 aromatic heterocycles. The van der Waals surface area contributed by atoms with Gasteiger partial charge in [-0.3, -0.25) is 4.79 Å². The molecular weight excluding hydrogens is 494 g/mol. The van der Waals surface area contributed by atoms with Gasteiger partial charge in [-0.2, -0.15) is 0 Å². The molecule has 0 fully saturated rings. The fourth-order valence-electron chi connectivity index (χ4n) is 1.73. The highest BCUT2D eigenvalue weighted by molar-refractivity contribution is 6.68. The third-order valence-electron chi connectivity index (χ3n) is 2.86. The van der Waals surface area contributed by atoms with Crippen LogP contribution in [-0.2, 0) is 20.7 Å². The predicted octanol–water partition coefficient (Wildman–Crippen LogP) is 4.84. The van der Waals surface area contributed by atoms with Crippen LogP contribution in [0.2, 0.25) is 5.02 Å². The monoisotopic (exact) mass is 505 g/mol. The minimum Gasteiger partial charge on any atom is -0.495 e. The Labute approximate surface area is 185 Å². The highest BCUT2D eigenvalue weighted by Gasteiger charge is 2.39. The Hall–Kier alpha value is 0.440. The molecule has 1 rings (SSSR count). The van der Waals surface area contributed by atoms with Crippen molar-refractivity contribution in [1.29, 1.82) is 0 Å². The number of methoxy groups -OCH3 is 1. The molecule has 0 spiro atoms. The molecule has 1 aromatic carbocycles. The summed E-state index contributed by atoms with van der Waals surface area (Å²) >= 11 is 39.9. The van der Waals surface area contributed by atoms with Gasteiger partial charge in [-0.15, -0.1) is 0 Å². The normalized spacial score (nSPS) is 14.7. The van der Waals surface area contributed by atoms with Gasteiger partial charge in [0.15, 0.2) is 0 Å². The fraction of sp³-hybridized carbons (Fsp3) is 0.500. The van der Waals surface area contributed by atoms with Crippen LogP contribution in [0.5, 0.6) is 5.75 Å². The van der Waals surface area contributed by atoms with Crippen LogP contribution in [0.3, 0.4) is 0 Å². The first-order valence-corrected chi connectivity index (χ1v) is 9.51. The van der Waals surface area contributed by atoms with Gasteiger partial charge in [-0.25, -0.2) is 0 Å². The standard InChI is InChI=1S/C14H14Cl7NO4/c1-24-10-3-2-7(4-8(10)15)5-9(22)11(23)26-12(14(19,20)21)25-6-13(16,17)18/h2-4,9,12H,5-6,22H2,1H3/t9-,12?/m1/s1. The summed E-state index contributed by atoms with van der Waals surface area (Å²) < 4.78 is 11.2. The maximum absolute atomic E-state index is 12.2. The maximum Gasteiger partial charge on any atom is 0.325 e. The predicted molar refractivity (Wildman–Crippen MR) is 106 cm³/mol. The minimum atomic E-state index is -2.12. The van der Waals surface area contributed by atoms with E-state index in [0.717, 1.165) is 0 Å². The van der Waals surface area contributed by atoms with Crippen LogP contribution < -0.4 is 10.5 Å². The lowest BCUT2D eigenvalue weighted by Crippen LogP contribution is -2.42. The zero-order valence-corrected chi connectivity index (χ0v) is 18.4. The lowest BCUT2D eigenvalue weighted by molar-refractivity contribution is -0.179. The topological polar surface area (TPSA) is 70.8 Å². The van der Waals surface area contributed by atoms with E-state index in [-0.39, 0.29) is 6.42 Å². The van der Waals surface area contributed by atoms with Gasteiger partial charge in [0.1, 0.15) is 11.8 Å². The summed E-state index contributed by atoms with van der Waals surface area (Å²) in [4.78, 5) is 12.2. The van der Waals surface area contributed by atoms with Crippen molar-refractivity contribution in [2.24, 2.45) is 5.73 Å². The summed E-state index contributed by atoms with van der Waals surface area (Å²) in [5.41, 5.74) is 6.51. The Morgan fingerprint density at radius 1 is 1.19 bits per heavy atom. The van der Waals surface area contributed by atoms with Gasteiger partial charge >= 0.3 is 5.97 Å². The van der Waals surface area contributed by atoms with Gasteiger partial charge in [0.05, 0.1) is 18.7 Å².